The molecule has 0 spiro atoms. The highest BCUT2D eigenvalue weighted by Gasteiger charge is 2.36. The molecule has 0 N–H and O–H groups in total. The number of carbonyl (C=O) groups is 1. The Kier molecular flexibility index (Phi) is 4.36. The van der Waals surface area contributed by atoms with Gasteiger partial charge in [-0.05, 0) is 37.3 Å². The average molecular weight is 301 g/mol. The molecule has 1 saturated heterocycles. The van der Waals surface area contributed by atoms with Crippen molar-refractivity contribution in [3.8, 4) is 11.5 Å². The molecule has 22 heavy (non-hydrogen) atoms. The van der Waals surface area contributed by atoms with Crippen molar-refractivity contribution in [2.24, 2.45) is 0 Å². The smallest absolute Gasteiger partial charge is 0.223 e. The summed E-state index contributed by atoms with van der Waals surface area (Å²) in [7, 11) is 3.29. The van der Waals surface area contributed by atoms with Crippen molar-refractivity contribution in [2.45, 2.75) is 44.2 Å². The van der Waals surface area contributed by atoms with Crippen molar-refractivity contribution in [2.75, 3.05) is 14.2 Å². The van der Waals surface area contributed by atoms with Gasteiger partial charge in [-0.3, -0.25) is 4.79 Å². The topological polar surface area (TPSA) is 38.8 Å². The van der Waals surface area contributed by atoms with E-state index in [-0.39, 0.29) is 5.91 Å². The van der Waals surface area contributed by atoms with Gasteiger partial charge in [0, 0.05) is 18.5 Å². The molecule has 2 aliphatic heterocycles. The number of rotatable bonds is 5. The quantitative estimate of drug-likeness (QED) is 0.785. The van der Waals surface area contributed by atoms with Crippen LogP contribution in [-0.4, -0.2) is 37.1 Å². The van der Waals surface area contributed by atoms with Crippen LogP contribution in [0.2, 0.25) is 0 Å². The minimum absolute atomic E-state index is 0.259. The van der Waals surface area contributed by atoms with Crippen molar-refractivity contribution in [3.63, 3.8) is 0 Å². The van der Waals surface area contributed by atoms with Crippen LogP contribution in [0.1, 0.15) is 31.2 Å². The van der Waals surface area contributed by atoms with E-state index in [0.717, 1.165) is 36.3 Å². The van der Waals surface area contributed by atoms with Crippen molar-refractivity contribution in [1.29, 1.82) is 0 Å². The summed E-state index contributed by atoms with van der Waals surface area (Å²) in [6, 6.07) is 6.50. The Labute approximate surface area is 131 Å². The van der Waals surface area contributed by atoms with Gasteiger partial charge in [0.05, 0.1) is 20.3 Å². The number of carbonyl (C=O) groups excluding carboxylic acids is 1. The highest BCUT2D eigenvalue weighted by Crippen LogP contribution is 2.32. The molecule has 0 radical (unpaired) electrons. The first kappa shape index (κ1) is 14.9. The van der Waals surface area contributed by atoms with E-state index < -0.39 is 0 Å². The Bertz CT molecular complexity index is 582. The van der Waals surface area contributed by atoms with Gasteiger partial charge in [0.2, 0.25) is 5.91 Å². The molecule has 0 aromatic heterocycles. The molecule has 118 valence electrons. The molecule has 2 aliphatic rings. The highest BCUT2D eigenvalue weighted by molar-refractivity contribution is 5.78. The Balaban J connectivity index is 1.65. The number of hydrogen-bond donors (Lipinski definition) is 0. The summed E-state index contributed by atoms with van der Waals surface area (Å²) in [6.07, 6.45) is 8.89. The summed E-state index contributed by atoms with van der Waals surface area (Å²) in [6.45, 7) is 0. The van der Waals surface area contributed by atoms with Crippen molar-refractivity contribution >= 4 is 5.91 Å². The zero-order chi connectivity index (χ0) is 15.5. The fourth-order valence-corrected chi connectivity index (χ4v) is 3.54. The highest BCUT2D eigenvalue weighted by atomic mass is 16.5. The number of nitrogens with zero attached hydrogens (tertiary/aromatic N) is 1. The normalized spacial score (nSPS) is 22.7. The maximum atomic E-state index is 12.6. The van der Waals surface area contributed by atoms with Crippen molar-refractivity contribution in [1.82, 2.24) is 4.90 Å². The number of benzene rings is 1. The van der Waals surface area contributed by atoms with Crippen LogP contribution >= 0.6 is 0 Å². The lowest BCUT2D eigenvalue weighted by atomic mass is 10.1. The van der Waals surface area contributed by atoms with Gasteiger partial charge in [0.1, 0.15) is 11.5 Å². The largest absolute Gasteiger partial charge is 0.497 e. The van der Waals surface area contributed by atoms with Crippen LogP contribution in [0.15, 0.2) is 30.4 Å². The second-order valence-corrected chi connectivity index (χ2v) is 5.94. The Hall–Kier alpha value is -1.97. The molecule has 1 aromatic carbocycles. The van der Waals surface area contributed by atoms with Gasteiger partial charge in [-0.2, -0.15) is 0 Å². The van der Waals surface area contributed by atoms with E-state index in [2.05, 4.69) is 17.1 Å². The lowest BCUT2D eigenvalue weighted by Crippen LogP contribution is -2.42. The van der Waals surface area contributed by atoms with Crippen LogP contribution in [0.25, 0.3) is 0 Å². The van der Waals surface area contributed by atoms with Gasteiger partial charge in [0.25, 0.3) is 0 Å². The summed E-state index contributed by atoms with van der Waals surface area (Å²) < 4.78 is 10.6. The molecule has 2 bridgehead atoms. The fourth-order valence-electron chi connectivity index (χ4n) is 3.54. The summed E-state index contributed by atoms with van der Waals surface area (Å²) in [4.78, 5) is 14.7. The number of amides is 1. The standard InChI is InChI=1S/C18H23NO3/c1-21-16-10-6-13(17(12-16)22-2)7-11-18(20)19-14-4-3-5-15(19)9-8-14/h3-4,6,10,12,14-15H,5,7-9,11H2,1-2H3. The summed E-state index contributed by atoms with van der Waals surface area (Å²) in [5, 5.41) is 0. The number of fused-ring (bicyclic) bond motifs is 2. The monoisotopic (exact) mass is 301 g/mol. The Morgan fingerprint density at radius 1 is 1.27 bits per heavy atom. The number of ether oxygens (including phenoxy) is 2. The van der Waals surface area contributed by atoms with E-state index in [4.69, 9.17) is 9.47 Å². The Morgan fingerprint density at radius 3 is 2.86 bits per heavy atom. The lowest BCUT2D eigenvalue weighted by Gasteiger charge is -2.31. The molecule has 4 heteroatoms. The minimum atomic E-state index is 0.259. The van der Waals surface area contributed by atoms with Crippen LogP contribution in [0, 0.1) is 0 Å². The van der Waals surface area contributed by atoms with Gasteiger partial charge >= 0.3 is 0 Å². The van der Waals surface area contributed by atoms with E-state index in [0.29, 0.717) is 24.9 Å². The third-order valence-electron chi connectivity index (χ3n) is 4.70. The van der Waals surface area contributed by atoms with Gasteiger partial charge in [0.15, 0.2) is 0 Å². The van der Waals surface area contributed by atoms with E-state index in [1.807, 2.05) is 18.2 Å². The first-order valence-corrected chi connectivity index (χ1v) is 7.91. The number of hydrogen-bond acceptors (Lipinski definition) is 3. The number of methoxy groups -OCH3 is 2. The van der Waals surface area contributed by atoms with E-state index >= 15 is 0 Å². The van der Waals surface area contributed by atoms with Crippen LogP contribution < -0.4 is 9.47 Å². The van der Waals surface area contributed by atoms with E-state index in [1.165, 1.54) is 0 Å². The first-order valence-electron chi connectivity index (χ1n) is 7.91. The maximum absolute atomic E-state index is 12.6. The predicted octanol–water partition coefficient (Wildman–Crippen LogP) is 2.96. The van der Waals surface area contributed by atoms with Gasteiger partial charge in [-0.15, -0.1) is 0 Å². The molecular weight excluding hydrogens is 278 g/mol. The molecule has 1 fully saturated rings. The summed E-state index contributed by atoms with van der Waals surface area (Å²) >= 11 is 0. The van der Waals surface area contributed by atoms with Crippen molar-refractivity contribution in [3.05, 3.63) is 35.9 Å². The van der Waals surface area contributed by atoms with Crippen molar-refractivity contribution < 1.29 is 14.3 Å². The zero-order valence-electron chi connectivity index (χ0n) is 13.2. The third kappa shape index (κ3) is 2.82. The molecule has 0 saturated carbocycles. The molecule has 2 unspecified atom stereocenters. The number of aryl methyl sites for hydroxylation is 1. The summed E-state index contributed by atoms with van der Waals surface area (Å²) in [5.74, 6) is 1.81. The second kappa shape index (κ2) is 6.42. The van der Waals surface area contributed by atoms with Crippen LogP contribution in [-0.2, 0) is 11.2 Å². The molecule has 2 atom stereocenters. The molecule has 1 aromatic rings. The SMILES string of the molecule is COc1ccc(CCC(=O)N2C3C=CCC2CC3)c(OC)c1. The van der Waals surface area contributed by atoms with E-state index in [1.54, 1.807) is 14.2 Å². The molecule has 2 heterocycles. The summed E-state index contributed by atoms with van der Waals surface area (Å²) in [5.41, 5.74) is 1.05. The Morgan fingerprint density at radius 2 is 2.14 bits per heavy atom. The third-order valence-corrected chi connectivity index (χ3v) is 4.70. The van der Waals surface area contributed by atoms with Gasteiger partial charge in [-0.1, -0.05) is 18.2 Å². The van der Waals surface area contributed by atoms with Crippen LogP contribution in [0.3, 0.4) is 0 Å². The second-order valence-electron chi connectivity index (χ2n) is 5.94. The van der Waals surface area contributed by atoms with Gasteiger partial charge in [-0.25, -0.2) is 0 Å². The average Bonchev–Trinajstić information content (AvgIpc) is 2.81. The van der Waals surface area contributed by atoms with Crippen LogP contribution in [0.5, 0.6) is 11.5 Å². The first-order chi connectivity index (χ1) is 10.7. The zero-order valence-corrected chi connectivity index (χ0v) is 13.2. The fraction of sp³-hybridized carbons (Fsp3) is 0.500. The van der Waals surface area contributed by atoms with E-state index in [9.17, 15) is 4.79 Å². The maximum Gasteiger partial charge on any atom is 0.223 e. The molecule has 3 rings (SSSR count). The lowest BCUT2D eigenvalue weighted by molar-refractivity contribution is -0.133. The molecular formula is C18H23NO3. The minimum Gasteiger partial charge on any atom is -0.497 e. The predicted molar refractivity (Wildman–Crippen MR) is 85.3 cm³/mol. The van der Waals surface area contributed by atoms with Gasteiger partial charge < -0.3 is 14.4 Å². The molecule has 0 aliphatic carbocycles. The van der Waals surface area contributed by atoms with Crippen LogP contribution in [0.4, 0.5) is 0 Å². The molecule has 4 nitrogen and oxygen atoms in total. The molecule has 1 amide bonds.